The third-order valence-corrected chi connectivity index (χ3v) is 4.48. The summed E-state index contributed by atoms with van der Waals surface area (Å²) < 4.78 is 1.15. The van der Waals surface area contributed by atoms with Gasteiger partial charge in [-0.15, -0.1) is 0 Å². The Hall–Kier alpha value is -0.380. The van der Waals surface area contributed by atoms with Gasteiger partial charge in [-0.05, 0) is 50.0 Å². The molecule has 1 aliphatic heterocycles. The van der Waals surface area contributed by atoms with Crippen molar-refractivity contribution < 1.29 is 0 Å². The molecule has 1 N–H and O–H groups in total. The number of halogens is 1. The molecule has 1 aliphatic rings. The molecule has 1 unspecified atom stereocenters. The lowest BCUT2D eigenvalue weighted by atomic mass is 10.0. The van der Waals surface area contributed by atoms with Crippen LogP contribution in [0.2, 0.25) is 0 Å². The highest BCUT2D eigenvalue weighted by Crippen LogP contribution is 2.19. The summed E-state index contributed by atoms with van der Waals surface area (Å²) in [4.78, 5) is 2.59. The molecule has 3 heteroatoms. The molecular weight excluding hydrogens is 300 g/mol. The molecule has 0 saturated carbocycles. The van der Waals surface area contributed by atoms with Crippen LogP contribution in [0, 0.1) is 0 Å². The Kier molecular flexibility index (Phi) is 6.35. The van der Waals surface area contributed by atoms with Crippen LogP contribution in [0.15, 0.2) is 28.7 Å². The molecule has 0 bridgehead atoms. The standard InChI is InChI=1S/C16H25BrN2/c1-2-16(14-6-8-15(17)9-7-14)18-10-13-19-11-4-3-5-12-19/h6-9,16,18H,2-5,10-13H2,1H3. The monoisotopic (exact) mass is 324 g/mol. The number of nitrogens with one attached hydrogen (secondary N) is 1. The predicted octanol–water partition coefficient (Wildman–Crippen LogP) is 3.98. The highest BCUT2D eigenvalue weighted by molar-refractivity contribution is 9.10. The van der Waals surface area contributed by atoms with Gasteiger partial charge in [0.1, 0.15) is 0 Å². The van der Waals surface area contributed by atoms with Crippen LogP contribution in [0.4, 0.5) is 0 Å². The van der Waals surface area contributed by atoms with E-state index >= 15 is 0 Å². The lowest BCUT2D eigenvalue weighted by Gasteiger charge is -2.27. The number of piperidine rings is 1. The first-order valence-electron chi connectivity index (χ1n) is 7.51. The highest BCUT2D eigenvalue weighted by atomic mass is 79.9. The van der Waals surface area contributed by atoms with Crippen molar-refractivity contribution in [3.05, 3.63) is 34.3 Å². The SMILES string of the molecule is CCC(NCCN1CCCCC1)c1ccc(Br)cc1. The van der Waals surface area contributed by atoms with E-state index in [2.05, 4.69) is 57.3 Å². The van der Waals surface area contributed by atoms with Crippen molar-refractivity contribution in [3.8, 4) is 0 Å². The first kappa shape index (κ1) is 15.0. The van der Waals surface area contributed by atoms with Crippen molar-refractivity contribution in [3.63, 3.8) is 0 Å². The Balaban J connectivity index is 1.77. The minimum absolute atomic E-state index is 0.484. The minimum atomic E-state index is 0.484. The highest BCUT2D eigenvalue weighted by Gasteiger charge is 2.11. The van der Waals surface area contributed by atoms with Gasteiger partial charge in [-0.2, -0.15) is 0 Å². The Bertz CT molecular complexity index is 358. The summed E-state index contributed by atoms with van der Waals surface area (Å²) >= 11 is 3.49. The van der Waals surface area contributed by atoms with Gasteiger partial charge >= 0.3 is 0 Å². The fourth-order valence-corrected chi connectivity index (χ4v) is 3.04. The van der Waals surface area contributed by atoms with Crippen LogP contribution in [0.25, 0.3) is 0 Å². The van der Waals surface area contributed by atoms with Gasteiger partial charge in [0.05, 0.1) is 0 Å². The van der Waals surface area contributed by atoms with E-state index in [0.29, 0.717) is 6.04 Å². The molecule has 1 aromatic carbocycles. The summed E-state index contributed by atoms with van der Waals surface area (Å²) in [6.07, 6.45) is 5.32. The molecule has 2 rings (SSSR count). The molecule has 19 heavy (non-hydrogen) atoms. The summed E-state index contributed by atoms with van der Waals surface area (Å²) in [5, 5.41) is 3.70. The van der Waals surface area contributed by atoms with E-state index in [4.69, 9.17) is 0 Å². The van der Waals surface area contributed by atoms with Crippen LogP contribution < -0.4 is 5.32 Å². The molecule has 0 spiro atoms. The van der Waals surface area contributed by atoms with Gasteiger partial charge < -0.3 is 10.2 Å². The number of nitrogens with zero attached hydrogens (tertiary/aromatic N) is 1. The number of hydrogen-bond acceptors (Lipinski definition) is 2. The van der Waals surface area contributed by atoms with Crippen molar-refractivity contribution in [2.24, 2.45) is 0 Å². The first-order valence-corrected chi connectivity index (χ1v) is 8.30. The molecule has 0 amide bonds. The first-order chi connectivity index (χ1) is 9.29. The lowest BCUT2D eigenvalue weighted by Crippen LogP contribution is -2.36. The Morgan fingerprint density at radius 1 is 1.16 bits per heavy atom. The van der Waals surface area contributed by atoms with Gasteiger partial charge in [0.15, 0.2) is 0 Å². The zero-order chi connectivity index (χ0) is 13.5. The molecule has 1 heterocycles. The number of likely N-dealkylation sites (tertiary alicyclic amines) is 1. The largest absolute Gasteiger partial charge is 0.309 e. The minimum Gasteiger partial charge on any atom is -0.309 e. The third kappa shape index (κ3) is 4.90. The second kappa shape index (κ2) is 8.03. The summed E-state index contributed by atoms with van der Waals surface area (Å²) in [6, 6.07) is 9.17. The smallest absolute Gasteiger partial charge is 0.0318 e. The molecule has 2 nitrogen and oxygen atoms in total. The van der Waals surface area contributed by atoms with Crippen LogP contribution >= 0.6 is 15.9 Å². The Morgan fingerprint density at radius 3 is 2.47 bits per heavy atom. The quantitative estimate of drug-likeness (QED) is 0.851. The van der Waals surface area contributed by atoms with Crippen LogP contribution in [-0.4, -0.2) is 31.1 Å². The van der Waals surface area contributed by atoms with Crippen LogP contribution in [0.5, 0.6) is 0 Å². The predicted molar refractivity (Wildman–Crippen MR) is 85.5 cm³/mol. The Labute approximate surface area is 125 Å². The fourth-order valence-electron chi connectivity index (χ4n) is 2.77. The fraction of sp³-hybridized carbons (Fsp3) is 0.625. The van der Waals surface area contributed by atoms with Gasteiger partial charge in [0, 0.05) is 23.6 Å². The van der Waals surface area contributed by atoms with E-state index < -0.39 is 0 Å². The molecule has 1 fully saturated rings. The lowest BCUT2D eigenvalue weighted by molar-refractivity contribution is 0.226. The molecule has 1 saturated heterocycles. The Morgan fingerprint density at radius 2 is 1.84 bits per heavy atom. The topological polar surface area (TPSA) is 15.3 Å². The van der Waals surface area contributed by atoms with Gasteiger partial charge in [0.25, 0.3) is 0 Å². The van der Waals surface area contributed by atoms with Gasteiger partial charge in [-0.25, -0.2) is 0 Å². The van der Waals surface area contributed by atoms with Crippen molar-refractivity contribution >= 4 is 15.9 Å². The summed E-state index contributed by atoms with van der Waals surface area (Å²) in [6.45, 7) is 7.11. The third-order valence-electron chi connectivity index (χ3n) is 3.95. The van der Waals surface area contributed by atoms with Gasteiger partial charge in [-0.1, -0.05) is 41.4 Å². The van der Waals surface area contributed by atoms with Crippen LogP contribution in [-0.2, 0) is 0 Å². The maximum Gasteiger partial charge on any atom is 0.0318 e. The normalized spacial score (nSPS) is 18.4. The van der Waals surface area contributed by atoms with E-state index in [9.17, 15) is 0 Å². The zero-order valence-corrected chi connectivity index (χ0v) is 13.5. The maximum atomic E-state index is 3.70. The molecule has 0 aromatic heterocycles. The zero-order valence-electron chi connectivity index (χ0n) is 11.9. The van der Waals surface area contributed by atoms with Crippen LogP contribution in [0.3, 0.4) is 0 Å². The second-order valence-corrected chi connectivity index (χ2v) is 6.28. The summed E-state index contributed by atoms with van der Waals surface area (Å²) in [7, 11) is 0. The molecule has 1 aromatic rings. The summed E-state index contributed by atoms with van der Waals surface area (Å²) in [5.41, 5.74) is 1.39. The van der Waals surface area contributed by atoms with E-state index in [-0.39, 0.29) is 0 Å². The van der Waals surface area contributed by atoms with Crippen molar-refractivity contribution in [1.82, 2.24) is 10.2 Å². The van der Waals surface area contributed by atoms with Crippen molar-refractivity contribution in [1.29, 1.82) is 0 Å². The van der Waals surface area contributed by atoms with E-state index in [1.807, 2.05) is 0 Å². The molecular formula is C16H25BrN2. The number of benzene rings is 1. The summed E-state index contributed by atoms with van der Waals surface area (Å²) in [5.74, 6) is 0. The number of hydrogen-bond donors (Lipinski definition) is 1. The van der Waals surface area contributed by atoms with Crippen molar-refractivity contribution in [2.45, 2.75) is 38.6 Å². The van der Waals surface area contributed by atoms with Gasteiger partial charge in [-0.3, -0.25) is 0 Å². The average Bonchev–Trinajstić information content (AvgIpc) is 2.46. The average molecular weight is 325 g/mol. The van der Waals surface area contributed by atoms with Crippen molar-refractivity contribution in [2.75, 3.05) is 26.2 Å². The van der Waals surface area contributed by atoms with E-state index in [1.165, 1.54) is 44.5 Å². The van der Waals surface area contributed by atoms with Gasteiger partial charge in [0.2, 0.25) is 0 Å². The molecule has 0 aliphatic carbocycles. The number of rotatable bonds is 6. The van der Waals surface area contributed by atoms with E-state index in [0.717, 1.165) is 17.4 Å². The maximum absolute atomic E-state index is 3.70. The second-order valence-electron chi connectivity index (χ2n) is 5.37. The molecule has 106 valence electrons. The molecule has 0 radical (unpaired) electrons. The van der Waals surface area contributed by atoms with Crippen LogP contribution in [0.1, 0.15) is 44.2 Å². The molecule has 1 atom stereocenters. The van der Waals surface area contributed by atoms with E-state index in [1.54, 1.807) is 0 Å².